The maximum absolute atomic E-state index is 15.2. The molecule has 1 aromatic heterocycles. The van der Waals surface area contributed by atoms with E-state index in [0.717, 1.165) is 31.7 Å². The minimum absolute atomic E-state index is 0.0159. The second-order valence-corrected chi connectivity index (χ2v) is 9.15. The number of carboxylic acid groups (broad SMARTS) is 1. The highest BCUT2D eigenvalue weighted by atomic mass is 19.1. The third-order valence-electron chi connectivity index (χ3n) is 7.35. The first kappa shape index (κ1) is 19.5. The molecule has 0 spiro atoms. The van der Waals surface area contributed by atoms with Gasteiger partial charge >= 0.3 is 5.97 Å². The smallest absolute Gasteiger partial charge is 0.341 e. The van der Waals surface area contributed by atoms with E-state index in [0.29, 0.717) is 29.9 Å². The zero-order valence-electron chi connectivity index (χ0n) is 16.8. The Hall–Kier alpha value is -2.48. The molecule has 0 radical (unpaired) electrons. The van der Waals surface area contributed by atoms with Crippen molar-refractivity contribution in [1.29, 1.82) is 0 Å². The van der Waals surface area contributed by atoms with Crippen molar-refractivity contribution in [2.24, 2.45) is 11.7 Å². The van der Waals surface area contributed by atoms with Crippen molar-refractivity contribution in [2.45, 2.75) is 56.8 Å². The largest absolute Gasteiger partial charge is 0.477 e. The molecule has 0 bridgehead atoms. The third kappa shape index (κ3) is 2.76. The molecular weight excluding hydrogens is 392 g/mol. The van der Waals surface area contributed by atoms with Crippen LogP contribution >= 0.6 is 0 Å². The van der Waals surface area contributed by atoms with E-state index >= 15 is 4.39 Å². The van der Waals surface area contributed by atoms with Gasteiger partial charge in [0.1, 0.15) is 17.6 Å². The van der Waals surface area contributed by atoms with E-state index in [1.807, 2.05) is 4.90 Å². The number of nitrogens with zero attached hydrogens (tertiary/aromatic N) is 2. The second-order valence-electron chi connectivity index (χ2n) is 9.15. The number of carboxylic acids is 1. The van der Waals surface area contributed by atoms with Gasteiger partial charge in [-0.1, -0.05) is 0 Å². The summed E-state index contributed by atoms with van der Waals surface area (Å²) < 4.78 is 30.7. The standard InChI is InChI=1S/C22H25F2N3O3/c1-11-18-13(20(28)14(21(29)30)10-27(18)17-8-15(17)23)7-16(24)19(11)26-6-3-12(9-26)22(25)4-2-5-22/h7,10,12,15,17H,2-6,8-9,25H2,1H3,(H,29,30). The summed E-state index contributed by atoms with van der Waals surface area (Å²) in [7, 11) is 0. The number of nitrogens with two attached hydrogens (primary N) is 1. The summed E-state index contributed by atoms with van der Waals surface area (Å²) >= 11 is 0. The number of halogens is 2. The third-order valence-corrected chi connectivity index (χ3v) is 7.35. The van der Waals surface area contributed by atoms with Gasteiger partial charge in [0, 0.05) is 36.6 Å². The Morgan fingerprint density at radius 2 is 2.07 bits per heavy atom. The van der Waals surface area contributed by atoms with Gasteiger partial charge in [-0.15, -0.1) is 0 Å². The number of anilines is 1. The van der Waals surface area contributed by atoms with Crippen LogP contribution in [0.3, 0.4) is 0 Å². The van der Waals surface area contributed by atoms with Crippen molar-refractivity contribution in [2.75, 3.05) is 18.0 Å². The number of alkyl halides is 1. The molecule has 0 amide bonds. The highest BCUT2D eigenvalue weighted by Crippen LogP contribution is 2.45. The molecule has 2 aromatic rings. The lowest BCUT2D eigenvalue weighted by atomic mass is 9.68. The maximum Gasteiger partial charge on any atom is 0.341 e. The molecule has 1 aliphatic heterocycles. The molecule has 3 aliphatic rings. The Balaban J connectivity index is 1.65. The van der Waals surface area contributed by atoms with Gasteiger partial charge in [-0.2, -0.15) is 0 Å². The number of benzene rings is 1. The summed E-state index contributed by atoms with van der Waals surface area (Å²) in [6.45, 7) is 3.04. The lowest BCUT2D eigenvalue weighted by Crippen LogP contribution is -2.53. The average molecular weight is 417 g/mol. The fourth-order valence-electron chi connectivity index (χ4n) is 5.34. The SMILES string of the molecule is Cc1c(N2CCC(C3(N)CCC3)C2)c(F)cc2c(=O)c(C(=O)O)cn(C3CC3F)c12. The molecule has 1 saturated heterocycles. The van der Waals surface area contributed by atoms with E-state index < -0.39 is 35.0 Å². The monoisotopic (exact) mass is 417 g/mol. The summed E-state index contributed by atoms with van der Waals surface area (Å²) in [5.74, 6) is -1.67. The molecule has 8 heteroatoms. The fraction of sp³-hybridized carbons (Fsp3) is 0.545. The Labute approximate surface area is 172 Å². The van der Waals surface area contributed by atoms with Crippen molar-refractivity contribution >= 4 is 22.6 Å². The number of hydrogen-bond acceptors (Lipinski definition) is 4. The molecular formula is C22H25F2N3O3. The van der Waals surface area contributed by atoms with Gasteiger partial charge in [0.15, 0.2) is 0 Å². The first-order chi connectivity index (χ1) is 14.2. The van der Waals surface area contributed by atoms with Crippen molar-refractivity contribution < 1.29 is 18.7 Å². The summed E-state index contributed by atoms with van der Waals surface area (Å²) in [6.07, 6.45) is 4.35. The van der Waals surface area contributed by atoms with Crippen molar-refractivity contribution in [1.82, 2.24) is 4.57 Å². The molecule has 2 aliphatic carbocycles. The Morgan fingerprint density at radius 1 is 1.37 bits per heavy atom. The fourth-order valence-corrected chi connectivity index (χ4v) is 5.34. The van der Waals surface area contributed by atoms with Gasteiger partial charge in [-0.3, -0.25) is 4.79 Å². The van der Waals surface area contributed by atoms with E-state index in [2.05, 4.69) is 0 Å². The Kier molecular flexibility index (Phi) is 4.23. The summed E-state index contributed by atoms with van der Waals surface area (Å²) in [6, 6.07) is 0.588. The van der Waals surface area contributed by atoms with Crippen molar-refractivity contribution in [3.05, 3.63) is 39.4 Å². The highest BCUT2D eigenvalue weighted by Gasteiger charge is 2.44. The topological polar surface area (TPSA) is 88.6 Å². The molecule has 1 aromatic carbocycles. The van der Waals surface area contributed by atoms with E-state index in [1.54, 1.807) is 6.92 Å². The number of rotatable bonds is 4. The minimum atomic E-state index is -1.40. The Morgan fingerprint density at radius 3 is 2.63 bits per heavy atom. The van der Waals surface area contributed by atoms with Crippen LogP contribution in [-0.2, 0) is 0 Å². The van der Waals surface area contributed by atoms with Crippen LogP contribution in [0.5, 0.6) is 0 Å². The number of aromatic carboxylic acids is 1. The summed E-state index contributed by atoms with van der Waals surface area (Å²) in [5.41, 5.74) is 6.48. The molecule has 6 nitrogen and oxygen atoms in total. The molecule has 5 rings (SSSR count). The number of carbonyl (C=O) groups is 1. The molecule has 30 heavy (non-hydrogen) atoms. The van der Waals surface area contributed by atoms with Crippen molar-refractivity contribution in [3.63, 3.8) is 0 Å². The van der Waals surface area contributed by atoms with Gasteiger partial charge in [0.25, 0.3) is 0 Å². The zero-order valence-corrected chi connectivity index (χ0v) is 16.8. The van der Waals surface area contributed by atoms with Crippen LogP contribution in [0.4, 0.5) is 14.5 Å². The van der Waals surface area contributed by atoms with Crippen LogP contribution in [0, 0.1) is 18.7 Å². The summed E-state index contributed by atoms with van der Waals surface area (Å²) in [5, 5.41) is 9.38. The van der Waals surface area contributed by atoms with E-state index in [9.17, 15) is 19.1 Å². The van der Waals surface area contributed by atoms with Gasteiger partial charge in [0.2, 0.25) is 5.43 Å². The average Bonchev–Trinajstić information content (AvgIpc) is 3.19. The number of aryl methyl sites for hydroxylation is 1. The van der Waals surface area contributed by atoms with Crippen molar-refractivity contribution in [3.8, 4) is 0 Å². The molecule has 2 saturated carbocycles. The predicted molar refractivity (Wildman–Crippen MR) is 110 cm³/mol. The Bertz CT molecular complexity index is 1130. The lowest BCUT2D eigenvalue weighted by molar-refractivity contribution is 0.0694. The van der Waals surface area contributed by atoms with Crippen LogP contribution in [0.25, 0.3) is 10.9 Å². The quantitative estimate of drug-likeness (QED) is 0.798. The molecule has 3 N–H and O–H groups in total. The van der Waals surface area contributed by atoms with Crippen LogP contribution in [0.15, 0.2) is 17.1 Å². The number of pyridine rings is 1. The highest BCUT2D eigenvalue weighted by molar-refractivity contribution is 5.95. The molecule has 2 heterocycles. The first-order valence-electron chi connectivity index (χ1n) is 10.5. The van der Waals surface area contributed by atoms with Crippen LogP contribution in [0.1, 0.15) is 54.1 Å². The molecule has 3 fully saturated rings. The van der Waals surface area contributed by atoms with Crippen LogP contribution in [0.2, 0.25) is 0 Å². The van der Waals surface area contributed by atoms with Gasteiger partial charge in [-0.25, -0.2) is 13.6 Å². The number of aromatic nitrogens is 1. The lowest BCUT2D eigenvalue weighted by Gasteiger charge is -2.43. The zero-order chi connectivity index (χ0) is 21.4. The number of hydrogen-bond donors (Lipinski definition) is 2. The van der Waals surface area contributed by atoms with Crippen LogP contribution in [-0.4, -0.2) is 40.4 Å². The van der Waals surface area contributed by atoms with E-state index in [-0.39, 0.29) is 23.3 Å². The summed E-state index contributed by atoms with van der Waals surface area (Å²) in [4.78, 5) is 26.2. The predicted octanol–water partition coefficient (Wildman–Crippen LogP) is 3.14. The normalized spacial score (nSPS) is 27.3. The van der Waals surface area contributed by atoms with Gasteiger partial charge in [-0.05, 0) is 50.2 Å². The van der Waals surface area contributed by atoms with E-state index in [1.165, 1.54) is 10.8 Å². The van der Waals surface area contributed by atoms with Crippen LogP contribution < -0.4 is 16.1 Å². The van der Waals surface area contributed by atoms with Gasteiger partial charge < -0.3 is 20.3 Å². The molecule has 3 unspecified atom stereocenters. The minimum Gasteiger partial charge on any atom is -0.477 e. The molecule has 160 valence electrons. The number of fused-ring (bicyclic) bond motifs is 1. The maximum atomic E-state index is 15.2. The van der Waals surface area contributed by atoms with Gasteiger partial charge in [0.05, 0.1) is 17.2 Å². The molecule has 3 atom stereocenters. The van der Waals surface area contributed by atoms with E-state index in [4.69, 9.17) is 5.73 Å². The first-order valence-corrected chi connectivity index (χ1v) is 10.5. The second kappa shape index (κ2) is 6.51.